The van der Waals surface area contributed by atoms with Crippen LogP contribution in [-0.2, 0) is 9.59 Å². The number of carbonyl (C=O) groups excluding carboxylic acids is 2. The molecule has 1 aromatic carbocycles. The van der Waals surface area contributed by atoms with Crippen molar-refractivity contribution in [2.75, 3.05) is 25.5 Å². The molecule has 3 aliphatic rings. The summed E-state index contributed by atoms with van der Waals surface area (Å²) < 4.78 is 5.24. The lowest BCUT2D eigenvalue weighted by Crippen LogP contribution is -2.59. The number of hydrogen-bond acceptors (Lipinski definition) is 6. The molecule has 9 nitrogen and oxygen atoms in total. The van der Waals surface area contributed by atoms with Gasteiger partial charge in [0.2, 0.25) is 11.8 Å². The van der Waals surface area contributed by atoms with E-state index >= 15 is 0 Å². The van der Waals surface area contributed by atoms with Crippen molar-refractivity contribution in [3.05, 3.63) is 28.3 Å². The summed E-state index contributed by atoms with van der Waals surface area (Å²) in [6, 6.07) is 4.48. The Morgan fingerprint density at radius 3 is 2.73 bits per heavy atom. The van der Waals surface area contributed by atoms with E-state index in [1.807, 2.05) is 6.92 Å². The number of nitro groups is 1. The first-order chi connectivity index (χ1) is 14.4. The third kappa shape index (κ3) is 3.98. The second-order valence-corrected chi connectivity index (χ2v) is 8.49. The van der Waals surface area contributed by atoms with E-state index in [0.29, 0.717) is 35.9 Å². The number of amides is 2. The average molecular weight is 416 g/mol. The Morgan fingerprint density at radius 1 is 1.30 bits per heavy atom. The number of carbonyl (C=O) groups is 2. The zero-order valence-electron chi connectivity index (χ0n) is 17.4. The van der Waals surface area contributed by atoms with E-state index < -0.39 is 4.92 Å². The monoisotopic (exact) mass is 416 g/mol. The van der Waals surface area contributed by atoms with Crippen LogP contribution in [0.1, 0.15) is 39.0 Å². The molecule has 162 valence electrons. The van der Waals surface area contributed by atoms with Gasteiger partial charge in [0.15, 0.2) is 0 Å². The van der Waals surface area contributed by atoms with Crippen molar-refractivity contribution in [1.82, 2.24) is 9.80 Å². The summed E-state index contributed by atoms with van der Waals surface area (Å²) in [5, 5.41) is 13.9. The number of nitrogens with one attached hydrogen (secondary N) is 1. The van der Waals surface area contributed by atoms with Gasteiger partial charge in [-0.2, -0.15) is 0 Å². The summed E-state index contributed by atoms with van der Waals surface area (Å²) in [6.07, 6.45) is 4.57. The molecular formula is C21H28N4O5. The minimum absolute atomic E-state index is 0.105. The Balaban J connectivity index is 1.42. The third-order valence-electron chi connectivity index (χ3n) is 6.62. The maximum Gasteiger partial charge on any atom is 0.271 e. The van der Waals surface area contributed by atoms with Crippen LogP contribution in [0.2, 0.25) is 0 Å². The molecule has 0 aromatic heterocycles. The van der Waals surface area contributed by atoms with E-state index in [4.69, 9.17) is 4.74 Å². The normalized spacial score (nSPS) is 25.4. The largest absolute Gasteiger partial charge is 0.495 e. The quantitative estimate of drug-likeness (QED) is 0.564. The van der Waals surface area contributed by atoms with Crippen molar-refractivity contribution < 1.29 is 19.2 Å². The van der Waals surface area contributed by atoms with Gasteiger partial charge in [-0.05, 0) is 44.6 Å². The van der Waals surface area contributed by atoms with Gasteiger partial charge >= 0.3 is 0 Å². The van der Waals surface area contributed by atoms with Gasteiger partial charge in [0.25, 0.3) is 5.69 Å². The minimum atomic E-state index is -0.501. The SMILES string of the molecule is COc1ccc([N+](=O)[O-])cc1NC(=O)[C@H](C)N1CC[C@@H]2[C@H](CCC(=O)N2C2CC2)C1. The van der Waals surface area contributed by atoms with Crippen LogP contribution in [0, 0.1) is 16.0 Å². The summed E-state index contributed by atoms with van der Waals surface area (Å²) in [5.41, 5.74) is 0.188. The van der Waals surface area contributed by atoms with Gasteiger partial charge < -0.3 is 15.0 Å². The number of nitro benzene ring substituents is 1. The molecule has 4 rings (SSSR count). The number of piperidine rings is 2. The van der Waals surface area contributed by atoms with Gasteiger partial charge in [0.1, 0.15) is 5.75 Å². The highest BCUT2D eigenvalue weighted by Crippen LogP contribution is 2.39. The average Bonchev–Trinajstić information content (AvgIpc) is 3.57. The number of anilines is 1. The highest BCUT2D eigenvalue weighted by Gasteiger charge is 2.46. The summed E-state index contributed by atoms with van der Waals surface area (Å²) >= 11 is 0. The first kappa shape index (κ1) is 20.6. The van der Waals surface area contributed by atoms with Crippen molar-refractivity contribution in [3.63, 3.8) is 0 Å². The maximum absolute atomic E-state index is 12.9. The summed E-state index contributed by atoms with van der Waals surface area (Å²) in [6.45, 7) is 3.38. The first-order valence-electron chi connectivity index (χ1n) is 10.6. The predicted molar refractivity (Wildman–Crippen MR) is 110 cm³/mol. The molecule has 2 aliphatic heterocycles. The molecule has 1 N–H and O–H groups in total. The molecule has 3 atom stereocenters. The molecular weight excluding hydrogens is 388 g/mol. The Bertz CT molecular complexity index is 856. The van der Waals surface area contributed by atoms with Crippen LogP contribution < -0.4 is 10.1 Å². The number of likely N-dealkylation sites (tertiary alicyclic amines) is 2. The molecule has 0 unspecified atom stereocenters. The lowest BCUT2D eigenvalue weighted by atomic mass is 9.83. The van der Waals surface area contributed by atoms with Crippen molar-refractivity contribution >= 4 is 23.2 Å². The number of methoxy groups -OCH3 is 1. The van der Waals surface area contributed by atoms with E-state index in [1.165, 1.54) is 25.3 Å². The van der Waals surface area contributed by atoms with Gasteiger partial charge in [-0.1, -0.05) is 0 Å². The van der Waals surface area contributed by atoms with Crippen LogP contribution in [0.15, 0.2) is 18.2 Å². The highest BCUT2D eigenvalue weighted by atomic mass is 16.6. The molecule has 0 bridgehead atoms. The molecule has 2 amide bonds. The fourth-order valence-electron chi connectivity index (χ4n) is 4.81. The fourth-order valence-corrected chi connectivity index (χ4v) is 4.81. The van der Waals surface area contributed by atoms with Crippen molar-refractivity contribution in [2.24, 2.45) is 5.92 Å². The van der Waals surface area contributed by atoms with Crippen molar-refractivity contribution in [2.45, 2.75) is 57.2 Å². The number of ether oxygens (including phenoxy) is 1. The van der Waals surface area contributed by atoms with E-state index in [2.05, 4.69) is 15.1 Å². The van der Waals surface area contributed by atoms with Gasteiger partial charge in [0.05, 0.1) is 23.8 Å². The topological polar surface area (TPSA) is 105 Å². The van der Waals surface area contributed by atoms with Crippen LogP contribution in [0.5, 0.6) is 5.75 Å². The molecule has 0 spiro atoms. The molecule has 1 aromatic rings. The van der Waals surface area contributed by atoms with Crippen LogP contribution in [0.4, 0.5) is 11.4 Å². The third-order valence-corrected chi connectivity index (χ3v) is 6.62. The van der Waals surface area contributed by atoms with E-state index in [0.717, 1.165) is 38.8 Å². The lowest BCUT2D eigenvalue weighted by Gasteiger charge is -2.48. The zero-order valence-corrected chi connectivity index (χ0v) is 17.4. The number of rotatable bonds is 6. The molecule has 9 heteroatoms. The summed E-state index contributed by atoms with van der Waals surface area (Å²) in [4.78, 5) is 40.1. The zero-order chi connectivity index (χ0) is 21.4. The van der Waals surface area contributed by atoms with Crippen molar-refractivity contribution in [1.29, 1.82) is 0 Å². The fraction of sp³-hybridized carbons (Fsp3) is 0.619. The van der Waals surface area contributed by atoms with Crippen LogP contribution in [0.3, 0.4) is 0 Å². The van der Waals surface area contributed by atoms with E-state index in [-0.39, 0.29) is 23.5 Å². The summed E-state index contributed by atoms with van der Waals surface area (Å²) in [7, 11) is 1.46. The molecule has 1 aliphatic carbocycles. The highest BCUT2D eigenvalue weighted by molar-refractivity contribution is 5.96. The molecule has 2 heterocycles. The van der Waals surface area contributed by atoms with E-state index in [9.17, 15) is 19.7 Å². The molecule has 2 saturated heterocycles. The Morgan fingerprint density at radius 2 is 2.07 bits per heavy atom. The van der Waals surface area contributed by atoms with Crippen molar-refractivity contribution in [3.8, 4) is 5.75 Å². The maximum atomic E-state index is 12.9. The Hall–Kier alpha value is -2.68. The number of non-ortho nitro benzene ring substituents is 1. The van der Waals surface area contributed by atoms with Crippen LogP contribution >= 0.6 is 0 Å². The Labute approximate surface area is 175 Å². The molecule has 0 radical (unpaired) electrons. The number of hydrogen-bond donors (Lipinski definition) is 1. The van der Waals surface area contributed by atoms with Crippen LogP contribution in [0.25, 0.3) is 0 Å². The van der Waals surface area contributed by atoms with Gasteiger partial charge in [-0.15, -0.1) is 0 Å². The van der Waals surface area contributed by atoms with E-state index in [1.54, 1.807) is 0 Å². The first-order valence-corrected chi connectivity index (χ1v) is 10.6. The molecule has 30 heavy (non-hydrogen) atoms. The molecule has 3 fully saturated rings. The minimum Gasteiger partial charge on any atom is -0.495 e. The van der Waals surface area contributed by atoms with Gasteiger partial charge in [0, 0.05) is 43.7 Å². The number of nitrogens with zero attached hydrogens (tertiary/aromatic N) is 3. The number of fused-ring (bicyclic) bond motifs is 1. The van der Waals surface area contributed by atoms with Gasteiger partial charge in [-0.25, -0.2) is 0 Å². The molecule has 1 saturated carbocycles. The lowest BCUT2D eigenvalue weighted by molar-refractivity contribution is -0.384. The Kier molecular flexibility index (Phi) is 5.64. The second kappa shape index (κ2) is 8.22. The standard InChI is InChI=1S/C21H28N4O5/c1-13(21(27)22-17-11-16(25(28)29)6-7-19(17)30-2)23-10-9-18-14(12-23)3-8-20(26)24(18)15-4-5-15/h6-7,11,13-15,18H,3-5,8-10,12H2,1-2H3,(H,22,27)/t13-,14+,18+/m0/s1. The summed E-state index contributed by atoms with van der Waals surface area (Å²) in [5.74, 6) is 0.833. The number of benzene rings is 1. The second-order valence-electron chi connectivity index (χ2n) is 8.49. The predicted octanol–water partition coefficient (Wildman–Crippen LogP) is 2.41. The van der Waals surface area contributed by atoms with Crippen LogP contribution in [-0.4, -0.2) is 64.9 Å². The van der Waals surface area contributed by atoms with Gasteiger partial charge in [-0.3, -0.25) is 24.6 Å². The smallest absolute Gasteiger partial charge is 0.271 e.